The summed E-state index contributed by atoms with van der Waals surface area (Å²) in [6.07, 6.45) is 0. The molecule has 0 unspecified atom stereocenters. The molecule has 0 radical (unpaired) electrons. The zero-order valence-electron chi connectivity index (χ0n) is 42.3. The van der Waals surface area contributed by atoms with Gasteiger partial charge in [0.1, 0.15) is 0 Å². The summed E-state index contributed by atoms with van der Waals surface area (Å²) in [5.41, 5.74) is 17.0. The zero-order valence-corrected chi connectivity index (χ0v) is 49.3. The second-order valence-electron chi connectivity index (χ2n) is 25.2. The van der Waals surface area contributed by atoms with Crippen LogP contribution in [-0.4, -0.2) is 57.1 Å². The van der Waals surface area contributed by atoms with E-state index in [-0.39, 0.29) is 0 Å². The number of rotatable bonds is 13. The molecule has 4 aromatic carbocycles. The summed E-state index contributed by atoms with van der Waals surface area (Å²) in [6, 6.07) is 21.7. The van der Waals surface area contributed by atoms with Gasteiger partial charge in [0.2, 0.25) is 0 Å². The highest BCUT2D eigenvalue weighted by Gasteiger charge is 2.48. The second-order valence-corrected chi connectivity index (χ2v) is 60.4. The molecule has 0 N–H and O–H groups in total. The first-order valence-corrected chi connectivity index (χ1v) is 45.4. The predicted molar refractivity (Wildman–Crippen MR) is 286 cm³/mol. The van der Waals surface area contributed by atoms with Gasteiger partial charge < -0.3 is 4.46 Å². The maximum atomic E-state index is 17.3. The average molecular weight is 910 g/mol. The van der Waals surface area contributed by atoms with Gasteiger partial charge in [-0.1, -0.05) is 184 Å². The Labute approximate surface area is 371 Å². The third kappa shape index (κ3) is 10.7. The molecular formula is C51H84OSi7. The number of aryl methyl sites for hydroxylation is 6. The van der Waals surface area contributed by atoms with Crippen LogP contribution in [0.1, 0.15) is 65.6 Å². The molecule has 4 aromatic rings. The Kier molecular flexibility index (Phi) is 14.4. The Bertz CT molecular complexity index is 2010. The van der Waals surface area contributed by atoms with E-state index in [1.807, 2.05) is 0 Å². The predicted octanol–water partition coefficient (Wildman–Crippen LogP) is 14.9. The van der Waals surface area contributed by atoms with Crippen molar-refractivity contribution in [1.29, 1.82) is 0 Å². The van der Waals surface area contributed by atoms with Crippen molar-refractivity contribution in [2.45, 2.75) is 175 Å². The molecule has 0 aliphatic heterocycles. The minimum Gasteiger partial charge on any atom is -0.376 e. The minimum absolute atomic E-state index is 0.465. The van der Waals surface area contributed by atoms with Gasteiger partial charge in [-0.15, -0.1) is 0 Å². The molecule has 322 valence electrons. The number of benzene rings is 4. The first-order chi connectivity index (χ1) is 26.5. The van der Waals surface area contributed by atoms with Crippen LogP contribution in [0.2, 0.25) is 118 Å². The average Bonchev–Trinajstić information content (AvgIpc) is 2.95. The monoisotopic (exact) mass is 908 g/mol. The third-order valence-electron chi connectivity index (χ3n) is 12.8. The molecule has 0 saturated heterocycles. The molecule has 0 aliphatic carbocycles. The van der Waals surface area contributed by atoms with E-state index in [2.05, 4.69) is 214 Å². The smallest absolute Gasteiger partial charge is 0.348 e. The molecule has 1 nitrogen and oxygen atoms in total. The van der Waals surface area contributed by atoms with Gasteiger partial charge in [0.25, 0.3) is 0 Å². The van der Waals surface area contributed by atoms with Crippen molar-refractivity contribution in [2.24, 2.45) is 0 Å². The summed E-state index contributed by atoms with van der Waals surface area (Å²) in [6.45, 7) is 60.6. The van der Waals surface area contributed by atoms with Crippen molar-refractivity contribution in [3.05, 3.63) is 105 Å². The van der Waals surface area contributed by atoms with Gasteiger partial charge in [0.15, 0.2) is 0 Å². The van der Waals surface area contributed by atoms with Gasteiger partial charge in [0.05, 0.1) is 0 Å². The summed E-state index contributed by atoms with van der Waals surface area (Å²) in [4.78, 5) is 0. The molecule has 0 bridgehead atoms. The second kappa shape index (κ2) is 17.1. The minimum atomic E-state index is -2.62. The van der Waals surface area contributed by atoms with Crippen LogP contribution in [0.15, 0.2) is 54.6 Å². The highest BCUT2D eigenvalue weighted by molar-refractivity contribution is 6.98. The lowest BCUT2D eigenvalue weighted by Crippen LogP contribution is -2.55. The van der Waals surface area contributed by atoms with E-state index in [0.717, 1.165) is 5.19 Å². The highest BCUT2D eigenvalue weighted by Crippen LogP contribution is 2.45. The fourth-order valence-electron chi connectivity index (χ4n) is 12.9. The lowest BCUT2D eigenvalue weighted by atomic mass is 9.89. The summed E-state index contributed by atoms with van der Waals surface area (Å²) < 4.78 is 17.3. The quantitative estimate of drug-likeness (QED) is 0.122. The highest BCUT2D eigenvalue weighted by atomic mass is 28.4. The van der Waals surface area contributed by atoms with Gasteiger partial charge in [-0.25, -0.2) is 0 Å². The van der Waals surface area contributed by atoms with Crippen LogP contribution in [0.25, 0.3) is 22.3 Å². The lowest BCUT2D eigenvalue weighted by Gasteiger charge is -2.45. The molecule has 0 aromatic heterocycles. The summed E-state index contributed by atoms with van der Waals surface area (Å²) in [7, 11) is -13.4. The summed E-state index contributed by atoms with van der Waals surface area (Å²) >= 11 is 0. The van der Waals surface area contributed by atoms with Gasteiger partial charge >= 0.3 is 8.68 Å². The van der Waals surface area contributed by atoms with Crippen LogP contribution in [0.3, 0.4) is 0 Å². The van der Waals surface area contributed by atoms with E-state index in [0.29, 0.717) is 15.5 Å². The van der Waals surface area contributed by atoms with Crippen molar-refractivity contribution >= 4 is 67.5 Å². The topological polar surface area (TPSA) is 17.1 Å². The Morgan fingerprint density at radius 2 is 0.661 bits per heavy atom. The van der Waals surface area contributed by atoms with Crippen LogP contribution in [0, 0.1) is 41.5 Å². The molecule has 0 amide bonds. The maximum absolute atomic E-state index is 17.3. The molecule has 0 atom stereocenters. The molecule has 0 heterocycles. The Morgan fingerprint density at radius 1 is 0.390 bits per heavy atom. The molecule has 0 fully saturated rings. The standard InChI is InChI=1S/C51H84OSi7/c1-34-28-36(3)45(37(4)29-34)41-26-25-27-42(46-38(5)30-35(2)31-39(46)6)47(41)53(52)48-43(50(56(13,14)15)57(16,17)18)32-40(49(54(7,8)9)55(10,11)12)33-44(48)51(58(19,20)21)59(22,23)24/h25-33,49-51H,1-24H3. The Balaban J connectivity index is 2.48. The van der Waals surface area contributed by atoms with Crippen molar-refractivity contribution in [3.8, 4) is 22.3 Å². The molecule has 0 spiro atoms. The van der Waals surface area contributed by atoms with Crippen molar-refractivity contribution in [3.63, 3.8) is 0 Å². The SMILES string of the molecule is Cc1cc(C)c(-c2cccc(-c3c(C)cc(C)cc3C)c2[Si](=O)c2c(C([Si](C)(C)C)[Si](C)(C)C)cc(C([Si](C)(C)C)[Si](C)(C)C)cc2C([Si](C)(C)C)[Si](C)(C)C)c(C)c1. The number of hydrogen-bond donors (Lipinski definition) is 0. The Hall–Kier alpha value is -1.80. The fourth-order valence-corrected chi connectivity index (χ4v) is 53.8. The van der Waals surface area contributed by atoms with Crippen LogP contribution in [0.5, 0.6) is 0 Å². The van der Waals surface area contributed by atoms with Crippen LogP contribution in [-0.2, 0) is 4.46 Å². The van der Waals surface area contributed by atoms with E-state index in [4.69, 9.17) is 0 Å². The first-order valence-electron chi connectivity index (χ1n) is 22.5. The van der Waals surface area contributed by atoms with Crippen LogP contribution >= 0.6 is 0 Å². The maximum Gasteiger partial charge on any atom is 0.348 e. The normalized spacial score (nSPS) is 13.6. The summed E-state index contributed by atoms with van der Waals surface area (Å²) in [5.74, 6) is 0. The molecule has 0 aliphatic rings. The summed E-state index contributed by atoms with van der Waals surface area (Å²) in [5, 5.41) is 3.89. The van der Waals surface area contributed by atoms with E-state index in [1.165, 1.54) is 71.9 Å². The van der Waals surface area contributed by atoms with E-state index < -0.39 is 57.1 Å². The molecule has 8 heteroatoms. The molecular weight excluding hydrogens is 825 g/mol. The van der Waals surface area contributed by atoms with Gasteiger partial charge in [-0.2, -0.15) is 0 Å². The lowest BCUT2D eigenvalue weighted by molar-refractivity contribution is 0.575. The molecule has 59 heavy (non-hydrogen) atoms. The van der Waals surface area contributed by atoms with Gasteiger partial charge in [-0.3, -0.25) is 0 Å². The van der Waals surface area contributed by atoms with Gasteiger partial charge in [0, 0.05) is 58.8 Å². The fraction of sp³-hybridized carbons (Fsp3) is 0.529. The van der Waals surface area contributed by atoms with Gasteiger partial charge in [-0.05, 0) is 118 Å². The van der Waals surface area contributed by atoms with Crippen molar-refractivity contribution < 1.29 is 4.46 Å². The van der Waals surface area contributed by atoms with Crippen molar-refractivity contribution in [2.75, 3.05) is 0 Å². The van der Waals surface area contributed by atoms with E-state index in [1.54, 1.807) is 5.56 Å². The van der Waals surface area contributed by atoms with Crippen LogP contribution < -0.4 is 10.4 Å². The van der Waals surface area contributed by atoms with E-state index >= 15 is 4.46 Å². The third-order valence-corrected chi connectivity index (χ3v) is 42.7. The Morgan fingerprint density at radius 3 is 0.915 bits per heavy atom. The van der Waals surface area contributed by atoms with E-state index in [9.17, 15) is 0 Å². The zero-order chi connectivity index (χ0) is 45.3. The first kappa shape index (κ1) is 49.8. The van der Waals surface area contributed by atoms with Crippen molar-refractivity contribution in [1.82, 2.24) is 0 Å². The number of hydrogen-bond acceptors (Lipinski definition) is 1. The largest absolute Gasteiger partial charge is 0.376 e. The molecule has 4 rings (SSSR count). The molecule has 0 saturated carbocycles. The van der Waals surface area contributed by atoms with Crippen LogP contribution in [0.4, 0.5) is 0 Å².